The summed E-state index contributed by atoms with van der Waals surface area (Å²) < 4.78 is 2.47. The van der Waals surface area contributed by atoms with Gasteiger partial charge >= 0.3 is 5.69 Å². The quantitative estimate of drug-likeness (QED) is 0.846. The summed E-state index contributed by atoms with van der Waals surface area (Å²) in [4.78, 5) is 31.3. The summed E-state index contributed by atoms with van der Waals surface area (Å²) in [5.41, 5.74) is 0.0478. The van der Waals surface area contributed by atoms with E-state index >= 15 is 0 Å². The minimum atomic E-state index is -0.368. The van der Waals surface area contributed by atoms with Crippen LogP contribution in [0.3, 0.4) is 0 Å². The van der Waals surface area contributed by atoms with Gasteiger partial charge in [-0.3, -0.25) is 13.9 Å². The molecule has 2 heterocycles. The average Bonchev–Trinajstić information content (AvgIpc) is 3.01. The van der Waals surface area contributed by atoms with Crippen LogP contribution in [0.1, 0.15) is 32.6 Å². The predicted molar refractivity (Wildman–Crippen MR) is 77.1 cm³/mol. The molecule has 0 amide bonds. The molecule has 0 spiro atoms. The zero-order valence-electron chi connectivity index (χ0n) is 12.0. The number of rotatable bonds is 2. The van der Waals surface area contributed by atoms with Crippen molar-refractivity contribution >= 4 is 17.1 Å². The molecule has 0 unspecified atom stereocenters. The Morgan fingerprint density at radius 3 is 2.50 bits per heavy atom. The summed E-state index contributed by atoms with van der Waals surface area (Å²) in [7, 11) is 3.09. The molecule has 108 valence electrons. The first kappa shape index (κ1) is 13.0. The summed E-state index contributed by atoms with van der Waals surface area (Å²) in [6.45, 7) is 2.16. The molecule has 20 heavy (non-hydrogen) atoms. The van der Waals surface area contributed by atoms with Crippen molar-refractivity contribution in [3.05, 3.63) is 20.8 Å². The van der Waals surface area contributed by atoms with Crippen LogP contribution in [0.5, 0.6) is 0 Å². The Bertz CT molecular complexity index is 776. The van der Waals surface area contributed by atoms with Gasteiger partial charge in [-0.05, 0) is 19.8 Å². The molecule has 0 saturated heterocycles. The highest BCUT2D eigenvalue weighted by Gasteiger charge is 2.29. The molecule has 1 fully saturated rings. The maximum Gasteiger partial charge on any atom is 0.332 e. The topological polar surface area (TPSA) is 84.7 Å². The molecule has 1 saturated carbocycles. The molecule has 0 bridgehead atoms. The first-order valence-electron chi connectivity index (χ1n) is 6.85. The third-order valence-corrected chi connectivity index (χ3v) is 4.22. The summed E-state index contributed by atoms with van der Waals surface area (Å²) in [5, 5.41) is 3.37. The van der Waals surface area contributed by atoms with E-state index in [4.69, 9.17) is 0 Å². The summed E-state index contributed by atoms with van der Waals surface area (Å²) in [6.07, 6.45) is 4.57. The van der Waals surface area contributed by atoms with Gasteiger partial charge in [0, 0.05) is 19.6 Å². The number of nitrogens with zero attached hydrogens (tertiary/aromatic N) is 3. The Balaban J connectivity index is 2.12. The molecule has 2 aromatic heterocycles. The number of aromatic nitrogens is 4. The maximum absolute atomic E-state index is 12.1. The zero-order chi connectivity index (χ0) is 14.5. The molecule has 7 heteroatoms. The SMILES string of the molecule is Cn1c(=O)c2[nH]c(NC3(C)CCCC3)nc2n(C)c1=O. The Morgan fingerprint density at radius 1 is 1.20 bits per heavy atom. The standard InChI is InChI=1S/C13H19N5O2/c1-13(6-4-5-7-13)16-11-14-8-9(15-11)17(2)12(20)18(3)10(8)19/h4-7H2,1-3H3,(H2,14,15,16). The fourth-order valence-corrected chi connectivity index (χ4v) is 2.95. The Labute approximate surface area is 115 Å². The van der Waals surface area contributed by atoms with E-state index in [1.54, 1.807) is 7.05 Å². The van der Waals surface area contributed by atoms with Crippen LogP contribution in [0.15, 0.2) is 9.59 Å². The van der Waals surface area contributed by atoms with Crippen molar-refractivity contribution in [2.75, 3.05) is 5.32 Å². The second kappa shape index (κ2) is 4.22. The fourth-order valence-electron chi connectivity index (χ4n) is 2.95. The van der Waals surface area contributed by atoms with Crippen molar-refractivity contribution in [1.29, 1.82) is 0 Å². The molecule has 1 aliphatic carbocycles. The maximum atomic E-state index is 12.1. The average molecular weight is 277 g/mol. The van der Waals surface area contributed by atoms with Crippen molar-refractivity contribution in [3.8, 4) is 0 Å². The second-order valence-electron chi connectivity index (χ2n) is 5.88. The van der Waals surface area contributed by atoms with E-state index in [-0.39, 0.29) is 16.8 Å². The highest BCUT2D eigenvalue weighted by Crippen LogP contribution is 2.31. The second-order valence-corrected chi connectivity index (χ2v) is 5.88. The van der Waals surface area contributed by atoms with Gasteiger partial charge in [0.15, 0.2) is 11.2 Å². The van der Waals surface area contributed by atoms with Crippen LogP contribution in [0.25, 0.3) is 11.2 Å². The first-order chi connectivity index (χ1) is 9.41. The van der Waals surface area contributed by atoms with E-state index in [1.807, 2.05) is 0 Å². The van der Waals surface area contributed by atoms with Gasteiger partial charge in [-0.1, -0.05) is 12.8 Å². The number of nitrogens with one attached hydrogen (secondary N) is 2. The molecule has 2 aromatic rings. The van der Waals surface area contributed by atoms with Gasteiger partial charge in [0.2, 0.25) is 5.95 Å². The number of hydrogen-bond donors (Lipinski definition) is 2. The van der Waals surface area contributed by atoms with Crippen LogP contribution in [-0.2, 0) is 14.1 Å². The molecule has 7 nitrogen and oxygen atoms in total. The summed E-state index contributed by atoms with van der Waals surface area (Å²) in [6, 6.07) is 0. The summed E-state index contributed by atoms with van der Waals surface area (Å²) in [5.74, 6) is 0.558. The van der Waals surface area contributed by atoms with E-state index < -0.39 is 0 Å². The molecule has 0 aliphatic heterocycles. The number of fused-ring (bicyclic) bond motifs is 1. The Kier molecular flexibility index (Phi) is 2.74. The zero-order valence-corrected chi connectivity index (χ0v) is 12.0. The van der Waals surface area contributed by atoms with Crippen molar-refractivity contribution in [3.63, 3.8) is 0 Å². The van der Waals surface area contributed by atoms with Gasteiger partial charge in [0.05, 0.1) is 0 Å². The van der Waals surface area contributed by atoms with Crippen molar-refractivity contribution in [2.24, 2.45) is 14.1 Å². The van der Waals surface area contributed by atoms with Crippen molar-refractivity contribution in [2.45, 2.75) is 38.1 Å². The van der Waals surface area contributed by atoms with Crippen molar-refractivity contribution in [1.82, 2.24) is 19.1 Å². The van der Waals surface area contributed by atoms with Gasteiger partial charge in [0.1, 0.15) is 0 Å². The number of hydrogen-bond acceptors (Lipinski definition) is 4. The molecule has 3 rings (SSSR count). The molecule has 0 aromatic carbocycles. The smallest absolute Gasteiger partial charge is 0.332 e. The van der Waals surface area contributed by atoms with E-state index in [9.17, 15) is 9.59 Å². The molecule has 0 atom stereocenters. The molecular weight excluding hydrogens is 258 g/mol. The normalized spacial score (nSPS) is 17.8. The van der Waals surface area contributed by atoms with Crippen LogP contribution >= 0.6 is 0 Å². The van der Waals surface area contributed by atoms with E-state index in [2.05, 4.69) is 22.2 Å². The van der Waals surface area contributed by atoms with Crippen LogP contribution in [0.4, 0.5) is 5.95 Å². The van der Waals surface area contributed by atoms with E-state index in [0.717, 1.165) is 17.4 Å². The van der Waals surface area contributed by atoms with E-state index in [1.165, 1.54) is 24.5 Å². The molecule has 1 aliphatic rings. The monoisotopic (exact) mass is 277 g/mol. The number of imidazole rings is 1. The fraction of sp³-hybridized carbons (Fsp3) is 0.615. The number of aryl methyl sites for hydroxylation is 1. The van der Waals surface area contributed by atoms with Gasteiger partial charge in [0.25, 0.3) is 5.56 Å². The van der Waals surface area contributed by atoms with Crippen LogP contribution < -0.4 is 16.6 Å². The highest BCUT2D eigenvalue weighted by molar-refractivity contribution is 5.72. The lowest BCUT2D eigenvalue weighted by molar-refractivity contribution is 0.529. The van der Waals surface area contributed by atoms with Crippen LogP contribution in [-0.4, -0.2) is 24.6 Å². The van der Waals surface area contributed by atoms with E-state index in [0.29, 0.717) is 17.1 Å². The van der Waals surface area contributed by atoms with Gasteiger partial charge < -0.3 is 10.3 Å². The first-order valence-corrected chi connectivity index (χ1v) is 6.85. The van der Waals surface area contributed by atoms with Crippen molar-refractivity contribution < 1.29 is 0 Å². The highest BCUT2D eigenvalue weighted by atomic mass is 16.2. The predicted octanol–water partition coefficient (Wildman–Crippen LogP) is 0.705. The van der Waals surface area contributed by atoms with Gasteiger partial charge in [-0.2, -0.15) is 4.98 Å². The molecule has 2 N–H and O–H groups in total. The minimum Gasteiger partial charge on any atom is -0.351 e. The van der Waals surface area contributed by atoms with Gasteiger partial charge in [-0.15, -0.1) is 0 Å². The Morgan fingerprint density at radius 2 is 1.85 bits per heavy atom. The number of H-pyrrole nitrogens is 1. The minimum absolute atomic E-state index is 0.0119. The largest absolute Gasteiger partial charge is 0.351 e. The lowest BCUT2D eigenvalue weighted by Crippen LogP contribution is -2.36. The van der Waals surface area contributed by atoms with Crippen LogP contribution in [0.2, 0.25) is 0 Å². The molecule has 0 radical (unpaired) electrons. The number of anilines is 1. The number of aromatic amines is 1. The lowest BCUT2D eigenvalue weighted by Gasteiger charge is -2.24. The lowest BCUT2D eigenvalue weighted by atomic mass is 10.0. The Hall–Kier alpha value is -2.05. The summed E-state index contributed by atoms with van der Waals surface area (Å²) >= 11 is 0. The van der Waals surface area contributed by atoms with Gasteiger partial charge in [-0.25, -0.2) is 4.79 Å². The third-order valence-electron chi connectivity index (χ3n) is 4.22. The van der Waals surface area contributed by atoms with Crippen LogP contribution in [0, 0.1) is 0 Å². The third kappa shape index (κ3) is 1.85. The molecular formula is C13H19N5O2.